The fourth-order valence-electron chi connectivity index (χ4n) is 1.29. The van der Waals surface area contributed by atoms with Crippen LogP contribution in [0, 0.1) is 5.92 Å². The molecule has 0 fully saturated rings. The van der Waals surface area contributed by atoms with Gasteiger partial charge in [-0.15, -0.1) is 0 Å². The minimum absolute atomic E-state index is 0.276. The molecule has 0 amide bonds. The second kappa shape index (κ2) is 7.62. The Morgan fingerprint density at radius 1 is 1.43 bits per heavy atom. The maximum absolute atomic E-state index is 8.36. The van der Waals surface area contributed by atoms with Crippen LogP contribution in [0.2, 0.25) is 0 Å². The van der Waals surface area contributed by atoms with E-state index in [4.69, 9.17) is 10.9 Å². The Kier molecular flexibility index (Phi) is 7.20. The van der Waals surface area contributed by atoms with Crippen LogP contribution in [0.1, 0.15) is 40.0 Å². The smallest absolute Gasteiger partial charge is 0.140 e. The van der Waals surface area contributed by atoms with E-state index in [1.165, 1.54) is 12.8 Å². The molecule has 0 aromatic heterocycles. The molecule has 14 heavy (non-hydrogen) atoms. The van der Waals surface area contributed by atoms with Crippen molar-refractivity contribution in [2.24, 2.45) is 16.8 Å². The average Bonchev–Trinajstić information content (AvgIpc) is 2.12. The maximum atomic E-state index is 8.36. The second-order valence-corrected chi connectivity index (χ2v) is 4.19. The Morgan fingerprint density at radius 3 is 2.57 bits per heavy atom. The Hall–Kier alpha value is -0.770. The third-order valence-corrected chi connectivity index (χ3v) is 2.09. The summed E-state index contributed by atoms with van der Waals surface area (Å²) in [5.41, 5.74) is 5.39. The molecule has 0 aliphatic rings. The van der Waals surface area contributed by atoms with E-state index in [1.807, 2.05) is 6.92 Å². The Balaban J connectivity index is 3.40. The Bertz CT molecular complexity index is 169. The fraction of sp³-hybridized carbons (Fsp3) is 0.900. The summed E-state index contributed by atoms with van der Waals surface area (Å²) < 4.78 is 0. The molecule has 0 rings (SSSR count). The lowest BCUT2D eigenvalue weighted by atomic mass is 10.1. The highest BCUT2D eigenvalue weighted by molar-refractivity contribution is 5.80. The number of hydrogen-bond acceptors (Lipinski definition) is 3. The minimum atomic E-state index is 0.276. The van der Waals surface area contributed by atoms with E-state index in [1.54, 1.807) is 0 Å². The van der Waals surface area contributed by atoms with Crippen LogP contribution in [0.5, 0.6) is 0 Å². The molecule has 0 aromatic carbocycles. The van der Waals surface area contributed by atoms with E-state index in [-0.39, 0.29) is 11.9 Å². The number of oxime groups is 1. The monoisotopic (exact) mass is 201 g/mol. The summed E-state index contributed by atoms with van der Waals surface area (Å²) in [7, 11) is 0. The first-order valence-electron chi connectivity index (χ1n) is 5.26. The number of nitrogens with two attached hydrogens (primary N) is 1. The third-order valence-electron chi connectivity index (χ3n) is 2.09. The highest BCUT2D eigenvalue weighted by Gasteiger charge is 2.03. The fourth-order valence-corrected chi connectivity index (χ4v) is 1.29. The molecule has 0 bridgehead atoms. The maximum Gasteiger partial charge on any atom is 0.140 e. The molecule has 0 saturated carbocycles. The van der Waals surface area contributed by atoms with Gasteiger partial charge in [-0.25, -0.2) is 0 Å². The van der Waals surface area contributed by atoms with Crippen LogP contribution in [-0.2, 0) is 0 Å². The summed E-state index contributed by atoms with van der Waals surface area (Å²) in [4.78, 5) is 0. The van der Waals surface area contributed by atoms with Gasteiger partial charge in [0, 0.05) is 12.5 Å². The van der Waals surface area contributed by atoms with Crippen molar-refractivity contribution in [1.82, 2.24) is 5.32 Å². The Morgan fingerprint density at radius 2 is 2.07 bits per heavy atom. The third kappa shape index (κ3) is 7.86. The molecule has 1 unspecified atom stereocenters. The van der Waals surface area contributed by atoms with E-state index in [9.17, 15) is 0 Å². The summed E-state index contributed by atoms with van der Waals surface area (Å²) in [6.07, 6.45) is 3.01. The lowest BCUT2D eigenvalue weighted by Gasteiger charge is -2.13. The van der Waals surface area contributed by atoms with Crippen LogP contribution in [0.15, 0.2) is 5.16 Å². The van der Waals surface area contributed by atoms with E-state index in [2.05, 4.69) is 24.3 Å². The van der Waals surface area contributed by atoms with Crippen LogP contribution in [0.25, 0.3) is 0 Å². The number of nitrogens with zero attached hydrogens (tertiary/aromatic N) is 1. The van der Waals surface area contributed by atoms with Gasteiger partial charge < -0.3 is 16.3 Å². The molecule has 4 nitrogen and oxygen atoms in total. The van der Waals surface area contributed by atoms with Crippen LogP contribution in [0.4, 0.5) is 0 Å². The highest BCUT2D eigenvalue weighted by Crippen LogP contribution is 2.02. The van der Waals surface area contributed by atoms with Crippen molar-refractivity contribution in [2.75, 3.05) is 6.54 Å². The lowest BCUT2D eigenvalue weighted by Crippen LogP contribution is -2.31. The summed E-state index contributed by atoms with van der Waals surface area (Å²) in [6.45, 7) is 7.48. The van der Waals surface area contributed by atoms with Gasteiger partial charge in [0.25, 0.3) is 0 Å². The minimum Gasteiger partial charge on any atom is -0.409 e. The second-order valence-electron chi connectivity index (χ2n) is 4.19. The number of rotatable bonds is 7. The van der Waals surface area contributed by atoms with Crippen molar-refractivity contribution in [3.05, 3.63) is 0 Å². The summed E-state index contributed by atoms with van der Waals surface area (Å²) in [5.74, 6) is 1.05. The molecule has 4 heteroatoms. The highest BCUT2D eigenvalue weighted by atomic mass is 16.4. The Labute approximate surface area is 86.6 Å². The van der Waals surface area contributed by atoms with Gasteiger partial charge >= 0.3 is 0 Å². The molecule has 1 atom stereocenters. The number of nitrogens with one attached hydrogen (secondary N) is 1. The van der Waals surface area contributed by atoms with Gasteiger partial charge in [0.05, 0.1) is 0 Å². The lowest BCUT2D eigenvalue weighted by molar-refractivity contribution is 0.315. The molecule has 0 radical (unpaired) electrons. The van der Waals surface area contributed by atoms with Gasteiger partial charge in [-0.2, -0.15) is 0 Å². The van der Waals surface area contributed by atoms with Crippen LogP contribution in [-0.4, -0.2) is 23.6 Å². The SMILES string of the molecule is CC(C)CCCNC(C)CC(N)=NO. The van der Waals surface area contributed by atoms with Crippen LogP contribution >= 0.6 is 0 Å². The van der Waals surface area contributed by atoms with Crippen molar-refractivity contribution < 1.29 is 5.21 Å². The first kappa shape index (κ1) is 13.2. The molecule has 0 aliphatic heterocycles. The first-order chi connectivity index (χ1) is 6.56. The van der Waals surface area contributed by atoms with E-state index in [0.29, 0.717) is 6.42 Å². The molecule has 84 valence electrons. The molecule has 0 aromatic rings. The number of hydrogen-bond donors (Lipinski definition) is 3. The van der Waals surface area contributed by atoms with Gasteiger partial charge in [-0.05, 0) is 32.2 Å². The molecule has 0 spiro atoms. The summed E-state index contributed by atoms with van der Waals surface area (Å²) in [5, 5.41) is 14.6. The summed E-state index contributed by atoms with van der Waals surface area (Å²) in [6, 6.07) is 0.276. The molecule has 0 saturated heterocycles. The zero-order valence-corrected chi connectivity index (χ0v) is 9.45. The molecular weight excluding hydrogens is 178 g/mol. The van der Waals surface area contributed by atoms with Gasteiger partial charge in [-0.1, -0.05) is 19.0 Å². The number of amidine groups is 1. The molecule has 0 heterocycles. The standard InChI is InChI=1S/C10H23N3O/c1-8(2)5-4-6-12-9(3)7-10(11)13-14/h8-9,12,14H,4-7H2,1-3H3,(H2,11,13). The van der Waals surface area contributed by atoms with Crippen molar-refractivity contribution in [2.45, 2.75) is 46.1 Å². The summed E-state index contributed by atoms with van der Waals surface area (Å²) >= 11 is 0. The predicted octanol–water partition coefficient (Wildman–Crippen LogP) is 1.54. The zero-order chi connectivity index (χ0) is 11.0. The van der Waals surface area contributed by atoms with Crippen LogP contribution < -0.4 is 11.1 Å². The molecular formula is C10H23N3O. The van der Waals surface area contributed by atoms with E-state index >= 15 is 0 Å². The van der Waals surface area contributed by atoms with Gasteiger partial charge in [-0.3, -0.25) is 0 Å². The topological polar surface area (TPSA) is 70.6 Å². The average molecular weight is 201 g/mol. The predicted molar refractivity (Wildman–Crippen MR) is 59.6 cm³/mol. The van der Waals surface area contributed by atoms with Crippen LogP contribution in [0.3, 0.4) is 0 Å². The quantitative estimate of drug-likeness (QED) is 0.192. The van der Waals surface area contributed by atoms with Crippen molar-refractivity contribution >= 4 is 5.84 Å². The van der Waals surface area contributed by atoms with Crippen molar-refractivity contribution in [3.8, 4) is 0 Å². The largest absolute Gasteiger partial charge is 0.409 e. The molecule has 4 N–H and O–H groups in total. The van der Waals surface area contributed by atoms with Gasteiger partial charge in [0.2, 0.25) is 0 Å². The van der Waals surface area contributed by atoms with E-state index < -0.39 is 0 Å². The van der Waals surface area contributed by atoms with Gasteiger partial charge in [0.1, 0.15) is 5.84 Å². The van der Waals surface area contributed by atoms with E-state index in [0.717, 1.165) is 12.5 Å². The first-order valence-corrected chi connectivity index (χ1v) is 5.26. The zero-order valence-electron chi connectivity index (χ0n) is 9.45. The normalized spacial score (nSPS) is 14.7. The van der Waals surface area contributed by atoms with Gasteiger partial charge in [0.15, 0.2) is 0 Å². The van der Waals surface area contributed by atoms with Crippen molar-refractivity contribution in [1.29, 1.82) is 0 Å². The van der Waals surface area contributed by atoms with Crippen molar-refractivity contribution in [3.63, 3.8) is 0 Å². The molecule has 0 aliphatic carbocycles.